The number of halogens is 2. The minimum atomic E-state index is -0.0809. The highest BCUT2D eigenvalue weighted by Gasteiger charge is 2.05. The summed E-state index contributed by atoms with van der Waals surface area (Å²) < 4.78 is 5.81. The van der Waals surface area contributed by atoms with Crippen LogP contribution in [0.15, 0.2) is 16.6 Å². The molecule has 0 aromatic heterocycles. The Morgan fingerprint density at radius 3 is 2.75 bits per heavy atom. The SMILES string of the molecule is COc1cc(CO)c(Cl)cc1Br. The molecule has 0 radical (unpaired) electrons. The van der Waals surface area contributed by atoms with Gasteiger partial charge in [0, 0.05) is 5.02 Å². The van der Waals surface area contributed by atoms with Gasteiger partial charge in [0.25, 0.3) is 0 Å². The Morgan fingerprint density at radius 2 is 2.25 bits per heavy atom. The van der Waals surface area contributed by atoms with Gasteiger partial charge in [-0.05, 0) is 33.6 Å². The molecule has 0 bridgehead atoms. The van der Waals surface area contributed by atoms with Crippen molar-refractivity contribution >= 4 is 27.5 Å². The molecule has 0 aliphatic heterocycles. The first-order chi connectivity index (χ1) is 5.69. The number of benzene rings is 1. The molecule has 12 heavy (non-hydrogen) atoms. The third-order valence-corrected chi connectivity index (χ3v) is 2.46. The predicted molar refractivity (Wildman–Crippen MR) is 51.6 cm³/mol. The number of rotatable bonds is 2. The molecule has 0 heterocycles. The minimum Gasteiger partial charge on any atom is -0.496 e. The van der Waals surface area contributed by atoms with Crippen LogP contribution >= 0.6 is 27.5 Å². The maximum Gasteiger partial charge on any atom is 0.133 e. The van der Waals surface area contributed by atoms with Crippen LogP contribution in [-0.4, -0.2) is 12.2 Å². The van der Waals surface area contributed by atoms with E-state index in [1.165, 1.54) is 0 Å². The van der Waals surface area contributed by atoms with Crippen molar-refractivity contribution in [3.05, 3.63) is 27.2 Å². The second-order valence-corrected chi connectivity index (χ2v) is 3.50. The summed E-state index contributed by atoms with van der Waals surface area (Å²) in [6.45, 7) is -0.0809. The zero-order chi connectivity index (χ0) is 9.14. The maximum absolute atomic E-state index is 8.87. The van der Waals surface area contributed by atoms with Crippen molar-refractivity contribution in [2.75, 3.05) is 7.11 Å². The number of aliphatic hydroxyl groups is 1. The lowest BCUT2D eigenvalue weighted by Gasteiger charge is -2.06. The molecule has 1 aromatic rings. The van der Waals surface area contributed by atoms with Crippen LogP contribution in [0.5, 0.6) is 5.75 Å². The number of aliphatic hydroxyl groups excluding tert-OH is 1. The number of ether oxygens (including phenoxy) is 1. The van der Waals surface area contributed by atoms with E-state index < -0.39 is 0 Å². The van der Waals surface area contributed by atoms with Gasteiger partial charge >= 0.3 is 0 Å². The Kier molecular flexibility index (Phi) is 3.38. The fraction of sp³-hybridized carbons (Fsp3) is 0.250. The summed E-state index contributed by atoms with van der Waals surface area (Å²) in [4.78, 5) is 0. The molecule has 0 atom stereocenters. The Morgan fingerprint density at radius 1 is 1.58 bits per heavy atom. The van der Waals surface area contributed by atoms with Crippen molar-refractivity contribution < 1.29 is 9.84 Å². The van der Waals surface area contributed by atoms with E-state index in [0.29, 0.717) is 16.3 Å². The van der Waals surface area contributed by atoms with Crippen LogP contribution in [0.1, 0.15) is 5.56 Å². The lowest BCUT2D eigenvalue weighted by Crippen LogP contribution is -1.89. The molecular weight excluding hydrogens is 243 g/mol. The van der Waals surface area contributed by atoms with Gasteiger partial charge in [0.1, 0.15) is 5.75 Å². The number of hydrogen-bond acceptors (Lipinski definition) is 2. The summed E-state index contributed by atoms with van der Waals surface area (Å²) >= 11 is 9.09. The van der Waals surface area contributed by atoms with Crippen molar-refractivity contribution in [3.63, 3.8) is 0 Å². The van der Waals surface area contributed by atoms with E-state index >= 15 is 0 Å². The molecule has 1 rings (SSSR count). The number of hydrogen-bond donors (Lipinski definition) is 1. The Bertz CT molecular complexity index is 263. The normalized spacial score (nSPS) is 10.0. The van der Waals surface area contributed by atoms with E-state index in [1.807, 2.05) is 0 Å². The molecule has 0 aliphatic rings. The van der Waals surface area contributed by atoms with E-state index in [2.05, 4.69) is 15.9 Å². The van der Waals surface area contributed by atoms with Crippen LogP contribution in [0.4, 0.5) is 0 Å². The smallest absolute Gasteiger partial charge is 0.133 e. The molecule has 2 nitrogen and oxygen atoms in total. The van der Waals surface area contributed by atoms with Gasteiger partial charge in [-0.1, -0.05) is 11.6 Å². The van der Waals surface area contributed by atoms with E-state index in [1.54, 1.807) is 19.2 Å². The molecule has 0 spiro atoms. The summed E-state index contributed by atoms with van der Waals surface area (Å²) in [5, 5.41) is 9.41. The fourth-order valence-electron chi connectivity index (χ4n) is 0.849. The van der Waals surface area contributed by atoms with Gasteiger partial charge in [-0.2, -0.15) is 0 Å². The summed E-state index contributed by atoms with van der Waals surface area (Å²) in [6, 6.07) is 3.40. The third kappa shape index (κ3) is 1.91. The van der Waals surface area contributed by atoms with Gasteiger partial charge in [-0.15, -0.1) is 0 Å². The Hall–Kier alpha value is -0.250. The van der Waals surface area contributed by atoms with Gasteiger partial charge in [0.2, 0.25) is 0 Å². The highest BCUT2D eigenvalue weighted by atomic mass is 79.9. The molecule has 0 saturated carbocycles. The lowest BCUT2D eigenvalue weighted by atomic mass is 10.2. The molecule has 0 fully saturated rings. The molecule has 0 unspecified atom stereocenters. The molecular formula is C8H8BrClO2. The maximum atomic E-state index is 8.87. The first kappa shape index (κ1) is 9.84. The molecule has 0 saturated heterocycles. The Labute approximate surface area is 84.2 Å². The van der Waals surface area contributed by atoms with Crippen molar-refractivity contribution in [1.29, 1.82) is 0 Å². The van der Waals surface area contributed by atoms with E-state index in [4.69, 9.17) is 21.4 Å². The summed E-state index contributed by atoms with van der Waals surface area (Å²) in [5.74, 6) is 0.670. The van der Waals surface area contributed by atoms with Gasteiger partial charge in [0.15, 0.2) is 0 Å². The third-order valence-electron chi connectivity index (χ3n) is 1.49. The highest BCUT2D eigenvalue weighted by Crippen LogP contribution is 2.30. The number of methoxy groups -OCH3 is 1. The van der Waals surface area contributed by atoms with Gasteiger partial charge in [-0.3, -0.25) is 0 Å². The quantitative estimate of drug-likeness (QED) is 0.875. The van der Waals surface area contributed by atoms with Crippen molar-refractivity contribution in [3.8, 4) is 5.75 Å². The molecule has 4 heteroatoms. The highest BCUT2D eigenvalue weighted by molar-refractivity contribution is 9.10. The van der Waals surface area contributed by atoms with Crippen LogP contribution in [0.25, 0.3) is 0 Å². The van der Waals surface area contributed by atoms with Crippen LogP contribution in [0.2, 0.25) is 5.02 Å². The molecule has 0 aliphatic carbocycles. The largest absolute Gasteiger partial charge is 0.496 e. The van der Waals surface area contributed by atoms with E-state index in [-0.39, 0.29) is 6.61 Å². The zero-order valence-corrected chi connectivity index (χ0v) is 8.82. The molecule has 1 N–H and O–H groups in total. The van der Waals surface area contributed by atoms with Crippen LogP contribution in [-0.2, 0) is 6.61 Å². The van der Waals surface area contributed by atoms with E-state index in [9.17, 15) is 0 Å². The van der Waals surface area contributed by atoms with Crippen molar-refractivity contribution in [2.24, 2.45) is 0 Å². The fourth-order valence-corrected chi connectivity index (χ4v) is 1.71. The second-order valence-electron chi connectivity index (χ2n) is 2.24. The first-order valence-corrected chi connectivity index (χ1v) is 4.49. The summed E-state index contributed by atoms with van der Waals surface area (Å²) in [5.41, 5.74) is 0.664. The van der Waals surface area contributed by atoms with Crippen LogP contribution < -0.4 is 4.74 Å². The van der Waals surface area contributed by atoms with E-state index in [0.717, 1.165) is 4.47 Å². The van der Waals surface area contributed by atoms with Crippen LogP contribution in [0, 0.1) is 0 Å². The average molecular weight is 252 g/mol. The molecule has 0 amide bonds. The monoisotopic (exact) mass is 250 g/mol. The Balaban J connectivity index is 3.18. The zero-order valence-electron chi connectivity index (χ0n) is 6.47. The summed E-state index contributed by atoms with van der Waals surface area (Å²) in [7, 11) is 1.56. The minimum absolute atomic E-state index is 0.0809. The van der Waals surface area contributed by atoms with Gasteiger partial charge < -0.3 is 9.84 Å². The van der Waals surface area contributed by atoms with Gasteiger partial charge in [-0.25, -0.2) is 0 Å². The van der Waals surface area contributed by atoms with Crippen molar-refractivity contribution in [2.45, 2.75) is 6.61 Å². The first-order valence-electron chi connectivity index (χ1n) is 3.31. The predicted octanol–water partition coefficient (Wildman–Crippen LogP) is 2.60. The van der Waals surface area contributed by atoms with Crippen molar-refractivity contribution in [1.82, 2.24) is 0 Å². The second kappa shape index (κ2) is 4.12. The molecule has 66 valence electrons. The standard InChI is InChI=1S/C8H8BrClO2/c1-12-8-2-5(4-11)7(10)3-6(8)9/h2-3,11H,4H2,1H3. The average Bonchev–Trinajstić information content (AvgIpc) is 2.05. The van der Waals surface area contributed by atoms with Gasteiger partial charge in [0.05, 0.1) is 18.2 Å². The van der Waals surface area contributed by atoms with Crippen LogP contribution in [0.3, 0.4) is 0 Å². The summed E-state index contributed by atoms with van der Waals surface area (Å²) in [6.07, 6.45) is 0. The molecule has 1 aromatic carbocycles. The topological polar surface area (TPSA) is 29.5 Å². The lowest BCUT2D eigenvalue weighted by molar-refractivity contribution is 0.281.